The van der Waals surface area contributed by atoms with Crippen LogP contribution < -0.4 is 65.1 Å². The van der Waals surface area contributed by atoms with Gasteiger partial charge in [0.1, 0.15) is 79.9 Å². The molecule has 26 nitrogen and oxygen atoms in total. The van der Waals surface area contributed by atoms with E-state index in [-0.39, 0.29) is 19.8 Å². The first-order valence-corrected chi connectivity index (χ1v) is 48.3. The van der Waals surface area contributed by atoms with E-state index in [2.05, 4.69) is 68.6 Å². The standard InChI is InChI=1S/C20H22ClNO3.C19H22ClNO4.C19H22ClNO3.C18H20ClNO4.2C18H20ClNO3/c1-12-9-17(21)19(10-13(12)2)25-11-16-15(14-7-8-14)5-4-6-18(16)22-20(23)24-3;1-5-24-17-8-6-7-16(21-19(22)23-4)14(17)11-25-18-10-13(3)12(2)9-15(18)20;1-5-14-7-6-8-17(21-19(22)23-4)15(14)11-24-18-10-13(3)12(2)9-16(18)20;1-11-7-15(19)17(8-12(11)2)24-10-14-13(9-21)5-4-6-16(14)20-18(22)23-3;2*1-11-6-5-7-16(20-18(21)22-4)14(11)10-23-17-9-13(3)12(2)8-15(17)19/h4-6,9-10,14H,7-8,11H2,1-3H3,(H,22,23);6-10H,5,11H2,1-4H3,(H,21,22);6-10H,5,11H2,1-4H3,(H,21,22);4-8,21H,9-10H2,1-3H3,(H,20,22);2*5-9H,10H2,1-4H3,(H,20,21). The number of amides is 6. The number of rotatable bonds is 29. The van der Waals surface area contributed by atoms with E-state index in [9.17, 15) is 33.9 Å². The summed E-state index contributed by atoms with van der Waals surface area (Å²) in [6.07, 6.45) is -0.00214. The van der Waals surface area contributed by atoms with Gasteiger partial charge in [-0.3, -0.25) is 31.9 Å². The first-order valence-electron chi connectivity index (χ1n) is 46.0. The van der Waals surface area contributed by atoms with Crippen molar-refractivity contribution in [2.24, 2.45) is 0 Å². The van der Waals surface area contributed by atoms with E-state index >= 15 is 0 Å². The van der Waals surface area contributed by atoms with Crippen LogP contribution in [0.3, 0.4) is 0 Å². The maximum atomic E-state index is 11.6. The molecule has 1 fully saturated rings. The molecule has 7 N–H and O–H groups in total. The van der Waals surface area contributed by atoms with E-state index in [1.165, 1.54) is 61.1 Å². The van der Waals surface area contributed by atoms with Crippen LogP contribution in [-0.2, 0) is 81.1 Å². The molecule has 6 amide bonds. The number of carbonyl (C=O) groups is 6. The predicted molar refractivity (Wildman–Crippen MR) is 574 cm³/mol. The van der Waals surface area contributed by atoms with Gasteiger partial charge in [0, 0.05) is 27.8 Å². The van der Waals surface area contributed by atoms with Crippen molar-refractivity contribution in [2.45, 2.75) is 182 Å². The summed E-state index contributed by atoms with van der Waals surface area (Å²) in [6.45, 7) is 33.8. The van der Waals surface area contributed by atoms with E-state index in [4.69, 9.17) is 108 Å². The highest BCUT2D eigenvalue weighted by atomic mass is 35.5. The Labute approximate surface area is 873 Å². The Morgan fingerprint density at radius 1 is 0.264 bits per heavy atom. The van der Waals surface area contributed by atoms with Crippen molar-refractivity contribution >= 4 is 140 Å². The van der Waals surface area contributed by atoms with Crippen LogP contribution in [0.2, 0.25) is 30.1 Å². The number of halogens is 6. The highest BCUT2D eigenvalue weighted by Crippen LogP contribution is 2.45. The molecule has 0 aromatic heterocycles. The van der Waals surface area contributed by atoms with Gasteiger partial charge >= 0.3 is 36.6 Å². The van der Waals surface area contributed by atoms with Crippen LogP contribution in [0.5, 0.6) is 40.2 Å². The summed E-state index contributed by atoms with van der Waals surface area (Å²) in [4.78, 5) is 69.2. The molecule has 0 aliphatic heterocycles. The number of hydrogen-bond acceptors (Lipinski definition) is 20. The molecular weight excluding hydrogens is 1960 g/mol. The average molecular weight is 2090 g/mol. The Balaban J connectivity index is 0.000000211. The Kier molecular flexibility index (Phi) is 46.0. The molecule has 12 aromatic carbocycles. The van der Waals surface area contributed by atoms with Crippen LogP contribution in [0.4, 0.5) is 62.9 Å². The number of anilines is 6. The van der Waals surface area contributed by atoms with Crippen molar-refractivity contribution in [1.82, 2.24) is 0 Å². The van der Waals surface area contributed by atoms with Crippen molar-refractivity contribution in [3.8, 4) is 40.2 Å². The number of nitrogens with one attached hydrogen (secondary N) is 6. The van der Waals surface area contributed by atoms with Crippen LogP contribution in [0.15, 0.2) is 182 Å². The summed E-state index contributed by atoms with van der Waals surface area (Å²) in [7, 11) is 7.95. The number of aliphatic hydroxyl groups excluding tert-OH is 1. The third kappa shape index (κ3) is 34.4. The summed E-state index contributed by atoms with van der Waals surface area (Å²) in [6, 6.07) is 56.3. The Morgan fingerprint density at radius 3 is 0.757 bits per heavy atom. The molecule has 0 bridgehead atoms. The van der Waals surface area contributed by atoms with E-state index in [1.54, 1.807) is 30.3 Å². The molecule has 766 valence electrons. The minimum atomic E-state index is -0.587. The third-order valence-corrected chi connectivity index (χ3v) is 25.4. The number of aryl methyl sites for hydroxylation is 15. The Bertz CT molecular complexity index is 6240. The van der Waals surface area contributed by atoms with Gasteiger partial charge in [-0.05, 0) is 339 Å². The molecule has 12 aromatic rings. The lowest BCUT2D eigenvalue weighted by atomic mass is 10.0. The lowest BCUT2D eigenvalue weighted by Gasteiger charge is -2.17. The maximum Gasteiger partial charge on any atom is 0.411 e. The van der Waals surface area contributed by atoms with Crippen LogP contribution in [0.1, 0.15) is 161 Å². The topological polar surface area (TPSA) is 315 Å². The van der Waals surface area contributed by atoms with Crippen molar-refractivity contribution in [3.05, 3.63) is 340 Å². The van der Waals surface area contributed by atoms with Gasteiger partial charge in [-0.2, -0.15) is 0 Å². The largest absolute Gasteiger partial charge is 0.493 e. The van der Waals surface area contributed by atoms with Gasteiger partial charge in [0.25, 0.3) is 0 Å². The second kappa shape index (κ2) is 57.2. The number of hydrogen-bond donors (Lipinski definition) is 7. The van der Waals surface area contributed by atoms with Crippen LogP contribution in [-0.4, -0.2) is 90.9 Å². The van der Waals surface area contributed by atoms with E-state index < -0.39 is 36.6 Å². The molecule has 1 aliphatic carbocycles. The zero-order chi connectivity index (χ0) is 106. The number of aliphatic hydroxyl groups is 1. The van der Waals surface area contributed by atoms with Gasteiger partial charge in [-0.15, -0.1) is 0 Å². The highest BCUT2D eigenvalue weighted by Gasteiger charge is 2.29. The normalized spacial score (nSPS) is 10.9. The Hall–Kier alpha value is -13.4. The molecule has 1 aliphatic rings. The molecule has 0 atom stereocenters. The smallest absolute Gasteiger partial charge is 0.411 e. The zero-order valence-corrected chi connectivity index (χ0v) is 89.7. The number of methoxy groups -OCH3 is 6. The van der Waals surface area contributed by atoms with Gasteiger partial charge in [0.2, 0.25) is 0 Å². The van der Waals surface area contributed by atoms with E-state index in [0.717, 1.165) is 118 Å². The lowest BCUT2D eigenvalue weighted by Crippen LogP contribution is -2.14. The van der Waals surface area contributed by atoms with Gasteiger partial charge in [-0.25, -0.2) is 28.8 Å². The fraction of sp³-hybridized carbons (Fsp3) is 0.304. The maximum absolute atomic E-state index is 11.6. The number of benzene rings is 12. The zero-order valence-electron chi connectivity index (χ0n) is 85.1. The summed E-state index contributed by atoms with van der Waals surface area (Å²) in [5.41, 5.74) is 27.1. The van der Waals surface area contributed by atoms with E-state index in [0.29, 0.717) is 154 Å². The van der Waals surface area contributed by atoms with Gasteiger partial charge in [0.15, 0.2) is 0 Å². The fourth-order valence-corrected chi connectivity index (χ4v) is 15.8. The molecule has 32 heteroatoms. The minimum absolute atomic E-state index is 0.151. The highest BCUT2D eigenvalue weighted by molar-refractivity contribution is 6.34. The summed E-state index contributed by atoms with van der Waals surface area (Å²) in [5, 5.41) is 29.1. The monoisotopic (exact) mass is 2080 g/mol. The van der Waals surface area contributed by atoms with Crippen LogP contribution >= 0.6 is 69.6 Å². The molecule has 0 unspecified atom stereocenters. The molecule has 13 rings (SSSR count). The van der Waals surface area contributed by atoms with Crippen molar-refractivity contribution < 1.29 is 95.5 Å². The number of ether oxygens (including phenoxy) is 13. The lowest BCUT2D eigenvalue weighted by molar-refractivity contribution is 0.186. The second-order valence-corrected chi connectivity index (χ2v) is 36.0. The molecule has 0 radical (unpaired) electrons. The minimum Gasteiger partial charge on any atom is -0.493 e. The molecule has 0 spiro atoms. The number of carbonyl (C=O) groups excluding carboxylic acids is 6. The summed E-state index contributed by atoms with van der Waals surface area (Å²) >= 11 is 37.6. The average Bonchev–Trinajstić information content (AvgIpc) is 1.64. The van der Waals surface area contributed by atoms with Crippen LogP contribution in [0, 0.1) is 96.9 Å². The van der Waals surface area contributed by atoms with Gasteiger partial charge in [-0.1, -0.05) is 143 Å². The first kappa shape index (κ1) is 116. The second-order valence-electron chi connectivity index (χ2n) is 33.6. The molecule has 0 heterocycles. The summed E-state index contributed by atoms with van der Waals surface area (Å²) in [5.74, 6) is 4.85. The Morgan fingerprint density at radius 2 is 0.486 bits per heavy atom. The quantitative estimate of drug-likeness (QED) is 0.0214. The molecule has 1 saturated carbocycles. The van der Waals surface area contributed by atoms with E-state index in [1.807, 2.05) is 249 Å². The van der Waals surface area contributed by atoms with Gasteiger partial charge < -0.3 is 66.7 Å². The van der Waals surface area contributed by atoms with Gasteiger partial charge in [0.05, 0.1) is 126 Å². The molecule has 0 saturated heterocycles. The van der Waals surface area contributed by atoms with Crippen LogP contribution in [0.25, 0.3) is 0 Å². The first-order chi connectivity index (χ1) is 68.7. The van der Waals surface area contributed by atoms with Crippen molar-refractivity contribution in [1.29, 1.82) is 0 Å². The SMILES string of the molecule is CCOc1cccc(NC(=O)OC)c1COc1cc(C)c(C)cc1Cl.CCc1cccc(NC(=O)OC)c1COc1cc(C)c(C)cc1Cl.COC(=O)Nc1cccc(C)c1COc1cc(C)c(C)cc1Cl.COC(=O)Nc1cccc(C)c1COc1cc(C)c(C)cc1Cl.COC(=O)Nc1cccc(C2CC2)c1COc1cc(C)c(C)cc1Cl.COC(=O)Nc1cccc(CO)c1COc1cc(C)c(C)cc1Cl. The predicted octanol–water partition coefficient (Wildman–Crippen LogP) is 30.2. The summed E-state index contributed by atoms with van der Waals surface area (Å²) < 4.78 is 69.0. The molecular formula is C112H126Cl6N6O20. The van der Waals surface area contributed by atoms with Crippen molar-refractivity contribution in [2.75, 3.05) is 81.2 Å². The molecule has 144 heavy (non-hydrogen) atoms. The third-order valence-electron chi connectivity index (χ3n) is 23.6. The fourth-order valence-electron chi connectivity index (χ4n) is 14.2. The van der Waals surface area contributed by atoms with Crippen molar-refractivity contribution in [3.63, 3.8) is 0 Å².